The number of alkyl halides is 3. The fraction of sp³-hybridized carbons (Fsp3) is 0.857. The van der Waals surface area contributed by atoms with Gasteiger partial charge in [0.05, 0.1) is 5.41 Å². The molecule has 1 saturated carbocycles. The lowest BCUT2D eigenvalue weighted by Crippen LogP contribution is -2.49. The highest BCUT2D eigenvalue weighted by molar-refractivity contribution is 5.91. The molecule has 2 fully saturated rings. The number of ether oxygens (including phenoxy) is 1. The van der Waals surface area contributed by atoms with Crippen molar-refractivity contribution in [2.24, 2.45) is 11.3 Å². The van der Waals surface area contributed by atoms with Gasteiger partial charge in [0.1, 0.15) is 0 Å². The smallest absolute Gasteiger partial charge is 0.386 e. The van der Waals surface area contributed by atoms with E-state index in [0.29, 0.717) is 25.9 Å². The second-order valence-electron chi connectivity index (χ2n) is 5.92. The topological polar surface area (TPSA) is 55.4 Å². The number of esters is 2. The Morgan fingerprint density at radius 3 is 2.14 bits per heavy atom. The third-order valence-electron chi connectivity index (χ3n) is 4.71. The van der Waals surface area contributed by atoms with Crippen LogP contribution >= 0.6 is 0 Å². The summed E-state index contributed by atoms with van der Waals surface area (Å²) in [7, 11) is 0. The molecule has 120 valence electrons. The monoisotopic (exact) mass is 307 g/mol. The highest BCUT2D eigenvalue weighted by atomic mass is 19.4. The average Bonchev–Trinajstić information content (AvgIpc) is 2.47. The minimum absolute atomic E-state index is 0.0156. The third kappa shape index (κ3) is 3.56. The Kier molecular flexibility index (Phi) is 4.91. The molecule has 1 heterocycles. The fourth-order valence-corrected chi connectivity index (χ4v) is 3.55. The van der Waals surface area contributed by atoms with Gasteiger partial charge in [0.15, 0.2) is 0 Å². The van der Waals surface area contributed by atoms with E-state index >= 15 is 0 Å². The number of hydrogen-bond donors (Lipinski definition) is 1. The van der Waals surface area contributed by atoms with Crippen LogP contribution in [0.3, 0.4) is 0 Å². The summed E-state index contributed by atoms with van der Waals surface area (Å²) in [4.78, 5) is 23.3. The van der Waals surface area contributed by atoms with Gasteiger partial charge in [0.25, 0.3) is 0 Å². The first-order chi connectivity index (χ1) is 9.86. The molecule has 2 aliphatic rings. The van der Waals surface area contributed by atoms with E-state index in [2.05, 4.69) is 10.1 Å². The molecule has 4 nitrogen and oxygen atoms in total. The zero-order valence-corrected chi connectivity index (χ0v) is 11.8. The number of rotatable bonds is 2. The maximum absolute atomic E-state index is 12.3. The second-order valence-corrected chi connectivity index (χ2v) is 5.92. The minimum atomic E-state index is -5.13. The van der Waals surface area contributed by atoms with E-state index in [1.54, 1.807) is 0 Å². The van der Waals surface area contributed by atoms with Crippen molar-refractivity contribution in [2.75, 3.05) is 13.1 Å². The van der Waals surface area contributed by atoms with E-state index in [4.69, 9.17) is 0 Å². The Balaban J connectivity index is 2.15. The molecule has 21 heavy (non-hydrogen) atoms. The van der Waals surface area contributed by atoms with Gasteiger partial charge in [0, 0.05) is 0 Å². The van der Waals surface area contributed by atoms with Crippen LogP contribution in [0.4, 0.5) is 13.2 Å². The molecule has 0 aromatic carbocycles. The maximum atomic E-state index is 12.3. The van der Waals surface area contributed by atoms with E-state index in [1.807, 2.05) is 0 Å². The normalized spacial score (nSPS) is 23.6. The van der Waals surface area contributed by atoms with Gasteiger partial charge in [-0.3, -0.25) is 4.79 Å². The Labute approximate surface area is 121 Å². The lowest BCUT2D eigenvalue weighted by molar-refractivity contribution is -0.207. The molecule has 7 heteroatoms. The predicted octanol–water partition coefficient (Wildman–Crippen LogP) is 2.57. The van der Waals surface area contributed by atoms with E-state index in [1.165, 1.54) is 0 Å². The van der Waals surface area contributed by atoms with Crippen molar-refractivity contribution in [1.29, 1.82) is 0 Å². The highest BCUT2D eigenvalue weighted by Crippen LogP contribution is 2.45. The van der Waals surface area contributed by atoms with Crippen LogP contribution < -0.4 is 5.32 Å². The molecule has 0 aromatic rings. The van der Waals surface area contributed by atoms with Crippen molar-refractivity contribution < 1.29 is 27.5 Å². The Morgan fingerprint density at radius 2 is 1.62 bits per heavy atom. The van der Waals surface area contributed by atoms with Crippen molar-refractivity contribution >= 4 is 11.9 Å². The van der Waals surface area contributed by atoms with E-state index < -0.39 is 23.5 Å². The van der Waals surface area contributed by atoms with Crippen LogP contribution in [-0.2, 0) is 14.3 Å². The number of piperidine rings is 1. The van der Waals surface area contributed by atoms with Gasteiger partial charge in [-0.2, -0.15) is 13.2 Å². The van der Waals surface area contributed by atoms with Crippen LogP contribution in [0.15, 0.2) is 0 Å². The number of hydrogen-bond acceptors (Lipinski definition) is 4. The molecule has 1 saturated heterocycles. The number of carbonyl (C=O) groups excluding carboxylic acids is 2. The lowest BCUT2D eigenvalue weighted by Gasteiger charge is -2.43. The largest absolute Gasteiger partial charge is 0.491 e. The third-order valence-corrected chi connectivity index (χ3v) is 4.71. The predicted molar refractivity (Wildman–Crippen MR) is 68.3 cm³/mol. The van der Waals surface area contributed by atoms with Crippen molar-refractivity contribution in [3.63, 3.8) is 0 Å². The van der Waals surface area contributed by atoms with Gasteiger partial charge in [-0.1, -0.05) is 19.3 Å². The SMILES string of the molecule is O=C(OC(=O)C1(C2CCCCC2)CCNCC1)C(F)(F)F. The van der Waals surface area contributed by atoms with Crippen LogP contribution in [0.1, 0.15) is 44.9 Å². The first-order valence-electron chi connectivity index (χ1n) is 7.40. The van der Waals surface area contributed by atoms with Gasteiger partial charge in [-0.25, -0.2) is 4.79 Å². The average molecular weight is 307 g/mol. The molecule has 0 atom stereocenters. The molecule has 0 unspecified atom stereocenters. The summed E-state index contributed by atoms with van der Waals surface area (Å²) in [6, 6.07) is 0. The van der Waals surface area contributed by atoms with E-state index in [-0.39, 0.29) is 5.92 Å². The van der Waals surface area contributed by atoms with Gasteiger partial charge in [0.2, 0.25) is 0 Å². The standard InChI is InChI=1S/C14H20F3NO3/c15-14(16,17)12(20)21-11(19)13(6-8-18-9-7-13)10-4-2-1-3-5-10/h10,18H,1-9H2. The van der Waals surface area contributed by atoms with Crippen LogP contribution in [0.25, 0.3) is 0 Å². The molecular formula is C14H20F3NO3. The highest BCUT2D eigenvalue weighted by Gasteiger charge is 2.51. The Bertz CT molecular complexity index is 397. The number of halogens is 3. The van der Waals surface area contributed by atoms with Crippen molar-refractivity contribution in [3.8, 4) is 0 Å². The van der Waals surface area contributed by atoms with Crippen molar-refractivity contribution in [2.45, 2.75) is 51.1 Å². The molecule has 1 N–H and O–H groups in total. The molecule has 2 rings (SSSR count). The van der Waals surface area contributed by atoms with Crippen LogP contribution in [0, 0.1) is 11.3 Å². The van der Waals surface area contributed by atoms with Gasteiger partial charge < -0.3 is 10.1 Å². The number of nitrogens with one attached hydrogen (secondary N) is 1. The first kappa shape index (κ1) is 16.3. The molecule has 0 spiro atoms. The summed E-state index contributed by atoms with van der Waals surface area (Å²) in [6.07, 6.45) is 0.395. The van der Waals surface area contributed by atoms with Crippen molar-refractivity contribution in [3.05, 3.63) is 0 Å². The van der Waals surface area contributed by atoms with Crippen molar-refractivity contribution in [1.82, 2.24) is 5.32 Å². The molecular weight excluding hydrogens is 287 g/mol. The Morgan fingerprint density at radius 1 is 1.05 bits per heavy atom. The molecule has 0 bridgehead atoms. The van der Waals surface area contributed by atoms with E-state index in [0.717, 1.165) is 32.1 Å². The van der Waals surface area contributed by atoms with Crippen LogP contribution in [0.5, 0.6) is 0 Å². The molecule has 0 radical (unpaired) electrons. The molecule has 1 aliphatic carbocycles. The summed E-state index contributed by atoms with van der Waals surface area (Å²) in [5.74, 6) is -3.37. The Hall–Kier alpha value is -1.11. The quantitative estimate of drug-likeness (QED) is 0.629. The van der Waals surface area contributed by atoms with Gasteiger partial charge in [-0.05, 0) is 44.7 Å². The zero-order valence-electron chi connectivity index (χ0n) is 11.8. The second kappa shape index (κ2) is 6.34. The summed E-state index contributed by atoms with van der Waals surface area (Å²) < 4.78 is 41.1. The summed E-state index contributed by atoms with van der Waals surface area (Å²) in [5, 5.41) is 3.10. The molecule has 0 amide bonds. The summed E-state index contributed by atoms with van der Waals surface area (Å²) in [6.45, 7) is 1.12. The molecule has 0 aromatic heterocycles. The fourth-order valence-electron chi connectivity index (χ4n) is 3.55. The summed E-state index contributed by atoms with van der Waals surface area (Å²) in [5.41, 5.74) is -0.938. The summed E-state index contributed by atoms with van der Waals surface area (Å²) >= 11 is 0. The zero-order chi connectivity index (χ0) is 15.5. The van der Waals surface area contributed by atoms with Gasteiger partial charge >= 0.3 is 18.1 Å². The lowest BCUT2D eigenvalue weighted by atomic mass is 9.64. The van der Waals surface area contributed by atoms with E-state index in [9.17, 15) is 22.8 Å². The first-order valence-corrected chi connectivity index (χ1v) is 7.40. The van der Waals surface area contributed by atoms with Gasteiger partial charge in [-0.15, -0.1) is 0 Å². The minimum Gasteiger partial charge on any atom is -0.386 e. The maximum Gasteiger partial charge on any atom is 0.491 e. The van der Waals surface area contributed by atoms with Crippen LogP contribution in [-0.4, -0.2) is 31.2 Å². The molecule has 1 aliphatic heterocycles. The van der Waals surface area contributed by atoms with Crippen LogP contribution in [0.2, 0.25) is 0 Å². The number of carbonyl (C=O) groups is 2.